The molecule has 0 saturated carbocycles. The number of anilines is 2. The van der Waals surface area contributed by atoms with Crippen LogP contribution in [0.3, 0.4) is 0 Å². The van der Waals surface area contributed by atoms with Gasteiger partial charge in [0.1, 0.15) is 12.3 Å². The summed E-state index contributed by atoms with van der Waals surface area (Å²) in [7, 11) is 1.30. The summed E-state index contributed by atoms with van der Waals surface area (Å²) in [5, 5.41) is 5.64. The van der Waals surface area contributed by atoms with Crippen molar-refractivity contribution in [3.05, 3.63) is 58.4 Å². The van der Waals surface area contributed by atoms with Crippen LogP contribution in [0.15, 0.2) is 47.8 Å². The number of carbonyl (C=O) groups excluding carboxylic acids is 3. The van der Waals surface area contributed by atoms with Crippen LogP contribution in [-0.2, 0) is 14.3 Å². The monoisotopic (exact) mass is 451 g/mol. The molecule has 0 spiro atoms. The molecule has 3 aromatic rings. The smallest absolute Gasteiger partial charge is 0.337 e. The van der Waals surface area contributed by atoms with Crippen LogP contribution < -0.4 is 15.0 Å². The van der Waals surface area contributed by atoms with E-state index in [0.717, 1.165) is 16.3 Å². The molecule has 1 atom stereocenters. The van der Waals surface area contributed by atoms with Crippen LogP contribution >= 0.6 is 11.3 Å². The lowest BCUT2D eigenvalue weighted by Gasteiger charge is -2.32. The number of rotatable bonds is 5. The summed E-state index contributed by atoms with van der Waals surface area (Å²) in [4.78, 5) is 43.0. The molecule has 1 aliphatic rings. The minimum absolute atomic E-state index is 0.183. The molecule has 0 saturated heterocycles. The first kappa shape index (κ1) is 21.5. The highest BCUT2D eigenvalue weighted by atomic mass is 32.1. The Balaban J connectivity index is 1.55. The van der Waals surface area contributed by atoms with Gasteiger partial charge < -0.3 is 14.8 Å². The third kappa shape index (κ3) is 4.33. The average Bonchev–Trinajstić information content (AvgIpc) is 3.23. The number of carbonyl (C=O) groups is 3. The summed E-state index contributed by atoms with van der Waals surface area (Å²) in [6.07, 6.45) is -0.706. The van der Waals surface area contributed by atoms with E-state index in [2.05, 4.69) is 15.0 Å². The molecule has 0 aliphatic carbocycles. The second-order valence-electron chi connectivity index (χ2n) is 7.24. The van der Waals surface area contributed by atoms with E-state index < -0.39 is 12.1 Å². The molecular formula is C23H21N3O5S. The van der Waals surface area contributed by atoms with E-state index in [1.165, 1.54) is 23.3 Å². The Bertz CT molecular complexity index is 1190. The van der Waals surface area contributed by atoms with Crippen molar-refractivity contribution in [3.63, 3.8) is 0 Å². The van der Waals surface area contributed by atoms with Gasteiger partial charge in [0.2, 0.25) is 5.91 Å². The highest BCUT2D eigenvalue weighted by Crippen LogP contribution is 2.37. The van der Waals surface area contributed by atoms with Crippen molar-refractivity contribution in [2.75, 3.05) is 23.9 Å². The molecule has 1 unspecified atom stereocenters. The fraction of sp³-hybridized carbons (Fsp3) is 0.217. The summed E-state index contributed by atoms with van der Waals surface area (Å²) in [5.41, 5.74) is 3.04. The fourth-order valence-electron chi connectivity index (χ4n) is 3.38. The third-order valence-corrected chi connectivity index (χ3v) is 5.75. The van der Waals surface area contributed by atoms with Gasteiger partial charge in [-0.1, -0.05) is 0 Å². The number of aryl methyl sites for hydroxylation is 1. The van der Waals surface area contributed by atoms with E-state index in [0.29, 0.717) is 22.7 Å². The predicted molar refractivity (Wildman–Crippen MR) is 121 cm³/mol. The second kappa shape index (κ2) is 8.80. The zero-order valence-corrected chi connectivity index (χ0v) is 18.6. The van der Waals surface area contributed by atoms with Gasteiger partial charge in [-0.15, -0.1) is 11.3 Å². The minimum Gasteiger partial charge on any atom is -0.479 e. The Labute approximate surface area is 188 Å². The molecular weight excluding hydrogens is 430 g/mol. The van der Waals surface area contributed by atoms with Crippen LogP contribution in [0.5, 0.6) is 5.75 Å². The zero-order valence-electron chi connectivity index (χ0n) is 17.7. The van der Waals surface area contributed by atoms with Crippen molar-refractivity contribution in [2.24, 2.45) is 0 Å². The van der Waals surface area contributed by atoms with Gasteiger partial charge in [0.05, 0.1) is 29.1 Å². The second-order valence-corrected chi connectivity index (χ2v) is 8.30. The SMILES string of the molecule is COC(=O)c1ccc(NC(=O)CN2C(=O)C(C)Oc3ccc(-c4csc(C)n4)cc32)cc1. The van der Waals surface area contributed by atoms with E-state index in [1.807, 2.05) is 24.4 Å². The number of amides is 2. The molecule has 0 fully saturated rings. The Morgan fingerprint density at radius 3 is 2.62 bits per heavy atom. The topological polar surface area (TPSA) is 97.8 Å². The molecule has 1 aliphatic heterocycles. The lowest BCUT2D eigenvalue weighted by atomic mass is 10.1. The van der Waals surface area contributed by atoms with Crippen molar-refractivity contribution in [2.45, 2.75) is 20.0 Å². The number of benzene rings is 2. The van der Waals surface area contributed by atoms with E-state index in [4.69, 9.17) is 4.74 Å². The van der Waals surface area contributed by atoms with Crippen molar-refractivity contribution < 1.29 is 23.9 Å². The first-order valence-corrected chi connectivity index (χ1v) is 10.8. The minimum atomic E-state index is -0.706. The fourth-order valence-corrected chi connectivity index (χ4v) is 4.00. The molecule has 4 rings (SSSR count). The quantitative estimate of drug-likeness (QED) is 0.595. The number of methoxy groups -OCH3 is 1. The first-order chi connectivity index (χ1) is 15.4. The van der Waals surface area contributed by atoms with Crippen molar-refractivity contribution in [1.29, 1.82) is 0 Å². The van der Waals surface area contributed by atoms with E-state index in [-0.39, 0.29) is 18.4 Å². The van der Waals surface area contributed by atoms with Gasteiger partial charge in [-0.2, -0.15) is 0 Å². The molecule has 2 heterocycles. The molecule has 32 heavy (non-hydrogen) atoms. The number of nitrogens with zero attached hydrogens (tertiary/aromatic N) is 2. The molecule has 2 amide bonds. The standard InChI is InChI=1S/C23H21N3O5S/c1-13-22(28)26(11-21(27)25-17-7-4-15(5-8-17)23(29)30-3)19-10-16(6-9-20(19)31-13)18-12-32-14(2)24-18/h4-10,12-13H,11H2,1-3H3,(H,25,27). The van der Waals surface area contributed by atoms with E-state index in [9.17, 15) is 14.4 Å². The van der Waals surface area contributed by atoms with Crippen LogP contribution in [-0.4, -0.2) is 42.5 Å². The predicted octanol–water partition coefficient (Wildman–Crippen LogP) is 3.66. The van der Waals surface area contributed by atoms with Crippen LogP contribution in [0, 0.1) is 6.92 Å². The number of fused-ring (bicyclic) bond motifs is 1. The Morgan fingerprint density at radius 2 is 1.97 bits per heavy atom. The Kier molecular flexibility index (Phi) is 5.91. The summed E-state index contributed by atoms with van der Waals surface area (Å²) >= 11 is 1.54. The first-order valence-electron chi connectivity index (χ1n) is 9.88. The van der Waals surface area contributed by atoms with Crippen molar-refractivity contribution in [3.8, 4) is 17.0 Å². The zero-order chi connectivity index (χ0) is 22.8. The van der Waals surface area contributed by atoms with Gasteiger partial charge in [-0.25, -0.2) is 9.78 Å². The maximum atomic E-state index is 12.8. The number of esters is 1. The highest BCUT2D eigenvalue weighted by Gasteiger charge is 2.33. The lowest BCUT2D eigenvalue weighted by molar-refractivity contribution is -0.127. The molecule has 1 N–H and O–H groups in total. The summed E-state index contributed by atoms with van der Waals surface area (Å²) in [6.45, 7) is 3.40. The van der Waals surface area contributed by atoms with Gasteiger partial charge in [0, 0.05) is 16.6 Å². The van der Waals surface area contributed by atoms with Crippen molar-refractivity contribution in [1.82, 2.24) is 4.98 Å². The highest BCUT2D eigenvalue weighted by molar-refractivity contribution is 7.09. The number of hydrogen-bond acceptors (Lipinski definition) is 7. The summed E-state index contributed by atoms with van der Waals surface area (Å²) < 4.78 is 10.4. The molecule has 2 aromatic carbocycles. The number of ether oxygens (including phenoxy) is 2. The lowest BCUT2D eigenvalue weighted by Crippen LogP contribution is -2.47. The molecule has 0 radical (unpaired) electrons. The number of aromatic nitrogens is 1. The number of nitrogens with one attached hydrogen (secondary N) is 1. The van der Waals surface area contributed by atoms with Gasteiger partial charge in [0.15, 0.2) is 6.10 Å². The van der Waals surface area contributed by atoms with Crippen LogP contribution in [0.25, 0.3) is 11.3 Å². The van der Waals surface area contributed by atoms with Crippen molar-refractivity contribution >= 4 is 40.5 Å². The summed E-state index contributed by atoms with van der Waals surface area (Å²) in [6, 6.07) is 11.8. The molecule has 0 bridgehead atoms. The molecule has 9 heteroatoms. The van der Waals surface area contributed by atoms with Gasteiger partial charge in [-0.05, 0) is 56.3 Å². The van der Waals surface area contributed by atoms with Gasteiger partial charge >= 0.3 is 5.97 Å². The van der Waals surface area contributed by atoms with Gasteiger partial charge in [0.25, 0.3) is 5.91 Å². The van der Waals surface area contributed by atoms with Gasteiger partial charge in [-0.3, -0.25) is 14.5 Å². The summed E-state index contributed by atoms with van der Waals surface area (Å²) in [5.74, 6) is -0.610. The number of thiazole rings is 1. The van der Waals surface area contributed by atoms with Crippen LogP contribution in [0.4, 0.5) is 11.4 Å². The number of hydrogen-bond donors (Lipinski definition) is 1. The van der Waals surface area contributed by atoms with E-state index in [1.54, 1.807) is 37.3 Å². The average molecular weight is 452 g/mol. The third-order valence-electron chi connectivity index (χ3n) is 4.97. The normalized spacial score (nSPS) is 15.0. The van der Waals surface area contributed by atoms with Crippen LogP contribution in [0.2, 0.25) is 0 Å². The largest absolute Gasteiger partial charge is 0.479 e. The van der Waals surface area contributed by atoms with Crippen LogP contribution in [0.1, 0.15) is 22.3 Å². The Hall–Kier alpha value is -3.72. The maximum Gasteiger partial charge on any atom is 0.337 e. The molecule has 1 aromatic heterocycles. The molecule has 8 nitrogen and oxygen atoms in total. The maximum absolute atomic E-state index is 12.8. The molecule has 164 valence electrons. The van der Waals surface area contributed by atoms with E-state index >= 15 is 0 Å². The Morgan fingerprint density at radius 1 is 1.22 bits per heavy atom.